The Morgan fingerprint density at radius 2 is 2.26 bits per heavy atom. The van der Waals surface area contributed by atoms with Crippen molar-refractivity contribution in [2.75, 3.05) is 5.73 Å². The molecule has 0 unspecified atom stereocenters. The molecule has 0 bridgehead atoms. The minimum absolute atomic E-state index is 0.312. The van der Waals surface area contributed by atoms with Gasteiger partial charge in [0.05, 0.1) is 12.1 Å². The van der Waals surface area contributed by atoms with Gasteiger partial charge in [-0.3, -0.25) is 0 Å². The number of fused-ring (bicyclic) bond motifs is 1. The molecule has 3 aromatic rings. The van der Waals surface area contributed by atoms with E-state index in [0.717, 1.165) is 11.4 Å². The fourth-order valence-electron chi connectivity index (χ4n) is 2.02. The SMILES string of the molecule is CCc1cnc(Cn2c(N)nc3c(F)cccc32)s1. The maximum atomic E-state index is 13.6. The summed E-state index contributed by atoms with van der Waals surface area (Å²) in [5.74, 6) is -0.0373. The van der Waals surface area contributed by atoms with Crippen molar-refractivity contribution in [3.8, 4) is 0 Å². The molecule has 0 saturated heterocycles. The van der Waals surface area contributed by atoms with Gasteiger partial charge >= 0.3 is 0 Å². The number of halogens is 1. The normalized spacial score (nSPS) is 11.3. The number of rotatable bonds is 3. The molecule has 19 heavy (non-hydrogen) atoms. The quantitative estimate of drug-likeness (QED) is 0.800. The van der Waals surface area contributed by atoms with Crippen LogP contribution in [-0.2, 0) is 13.0 Å². The summed E-state index contributed by atoms with van der Waals surface area (Å²) in [5, 5.41) is 0.951. The highest BCUT2D eigenvalue weighted by molar-refractivity contribution is 7.11. The Morgan fingerprint density at radius 3 is 3.00 bits per heavy atom. The highest BCUT2D eigenvalue weighted by atomic mass is 32.1. The van der Waals surface area contributed by atoms with Crippen molar-refractivity contribution >= 4 is 28.3 Å². The molecular weight excluding hydrogens is 263 g/mol. The highest BCUT2D eigenvalue weighted by Gasteiger charge is 2.13. The van der Waals surface area contributed by atoms with Gasteiger partial charge in [-0.15, -0.1) is 11.3 Å². The summed E-state index contributed by atoms with van der Waals surface area (Å²) in [7, 11) is 0. The van der Waals surface area contributed by atoms with Crippen molar-refractivity contribution in [1.82, 2.24) is 14.5 Å². The second kappa shape index (κ2) is 4.62. The van der Waals surface area contributed by atoms with Gasteiger partial charge in [0.15, 0.2) is 5.82 Å². The lowest BCUT2D eigenvalue weighted by molar-refractivity contribution is 0.637. The molecule has 0 aliphatic heterocycles. The lowest BCUT2D eigenvalue weighted by Crippen LogP contribution is -2.04. The molecule has 3 rings (SSSR count). The molecule has 98 valence electrons. The number of aromatic nitrogens is 3. The molecule has 4 nitrogen and oxygen atoms in total. The van der Waals surface area contributed by atoms with E-state index in [-0.39, 0.29) is 5.82 Å². The maximum absolute atomic E-state index is 13.6. The van der Waals surface area contributed by atoms with Crippen LogP contribution in [0.15, 0.2) is 24.4 Å². The van der Waals surface area contributed by atoms with Crippen LogP contribution in [0.2, 0.25) is 0 Å². The van der Waals surface area contributed by atoms with Gasteiger partial charge in [-0.05, 0) is 18.6 Å². The number of benzene rings is 1. The Labute approximate surface area is 113 Å². The summed E-state index contributed by atoms with van der Waals surface area (Å²) in [6, 6.07) is 4.86. The number of nitrogens with two attached hydrogens (primary N) is 1. The first-order chi connectivity index (χ1) is 9.19. The maximum Gasteiger partial charge on any atom is 0.201 e. The average molecular weight is 276 g/mol. The molecule has 0 amide bonds. The first-order valence-corrected chi connectivity index (χ1v) is 6.84. The van der Waals surface area contributed by atoms with Crippen molar-refractivity contribution in [3.05, 3.63) is 40.1 Å². The van der Waals surface area contributed by atoms with Crippen molar-refractivity contribution in [2.24, 2.45) is 0 Å². The number of hydrogen-bond acceptors (Lipinski definition) is 4. The first kappa shape index (κ1) is 12.1. The molecule has 2 aromatic heterocycles. The van der Waals surface area contributed by atoms with Gasteiger partial charge in [0, 0.05) is 11.1 Å². The summed E-state index contributed by atoms with van der Waals surface area (Å²) in [5.41, 5.74) is 6.88. The van der Waals surface area contributed by atoms with Gasteiger partial charge in [-0.1, -0.05) is 13.0 Å². The predicted molar refractivity (Wildman–Crippen MR) is 74.7 cm³/mol. The van der Waals surface area contributed by atoms with Crippen LogP contribution in [0.5, 0.6) is 0 Å². The molecule has 0 spiro atoms. The Kier molecular flexibility index (Phi) is 2.94. The van der Waals surface area contributed by atoms with Crippen LogP contribution in [0.1, 0.15) is 16.8 Å². The number of hydrogen-bond donors (Lipinski definition) is 1. The minimum atomic E-state index is -0.351. The fraction of sp³-hybridized carbons (Fsp3) is 0.231. The van der Waals surface area contributed by atoms with E-state index in [4.69, 9.17) is 5.73 Å². The Hall–Kier alpha value is -1.95. The molecule has 0 aliphatic carbocycles. The van der Waals surface area contributed by atoms with E-state index in [2.05, 4.69) is 16.9 Å². The molecule has 0 saturated carbocycles. The molecule has 0 atom stereocenters. The second-order valence-corrected chi connectivity index (χ2v) is 5.44. The van der Waals surface area contributed by atoms with E-state index >= 15 is 0 Å². The number of aryl methyl sites for hydroxylation is 1. The predicted octanol–water partition coefficient (Wildman–Crippen LogP) is 2.82. The van der Waals surface area contributed by atoms with E-state index in [9.17, 15) is 4.39 Å². The smallest absolute Gasteiger partial charge is 0.201 e. The lowest BCUT2D eigenvalue weighted by Gasteiger charge is -2.03. The molecular formula is C13H13FN4S. The van der Waals surface area contributed by atoms with E-state index in [1.807, 2.05) is 12.3 Å². The molecule has 0 fully saturated rings. The van der Waals surface area contributed by atoms with E-state index in [0.29, 0.717) is 23.5 Å². The molecule has 1 aromatic carbocycles. The van der Waals surface area contributed by atoms with Crippen LogP contribution in [0.4, 0.5) is 10.3 Å². The van der Waals surface area contributed by atoms with E-state index < -0.39 is 0 Å². The number of para-hydroxylation sites is 1. The van der Waals surface area contributed by atoms with Crippen molar-refractivity contribution in [2.45, 2.75) is 19.9 Å². The lowest BCUT2D eigenvalue weighted by atomic mass is 10.3. The zero-order chi connectivity index (χ0) is 13.4. The molecule has 0 aliphatic rings. The second-order valence-electron chi connectivity index (χ2n) is 4.24. The van der Waals surface area contributed by atoms with E-state index in [1.54, 1.807) is 22.0 Å². The number of nitrogen functional groups attached to an aromatic ring is 1. The Morgan fingerprint density at radius 1 is 1.42 bits per heavy atom. The third-order valence-electron chi connectivity index (χ3n) is 3.00. The van der Waals surface area contributed by atoms with Gasteiger partial charge in [-0.2, -0.15) is 0 Å². The van der Waals surface area contributed by atoms with Crippen LogP contribution in [0.3, 0.4) is 0 Å². The largest absolute Gasteiger partial charge is 0.369 e. The van der Waals surface area contributed by atoms with Crippen molar-refractivity contribution in [1.29, 1.82) is 0 Å². The van der Waals surface area contributed by atoms with Gasteiger partial charge in [0.25, 0.3) is 0 Å². The number of imidazole rings is 1. The summed E-state index contributed by atoms with van der Waals surface area (Å²) < 4.78 is 15.4. The molecule has 2 N–H and O–H groups in total. The van der Waals surface area contributed by atoms with Crippen LogP contribution >= 0.6 is 11.3 Å². The number of anilines is 1. The van der Waals surface area contributed by atoms with Gasteiger partial charge < -0.3 is 10.3 Å². The first-order valence-electron chi connectivity index (χ1n) is 6.03. The Bertz CT molecular complexity index is 731. The van der Waals surface area contributed by atoms with Gasteiger partial charge in [0.1, 0.15) is 10.5 Å². The topological polar surface area (TPSA) is 56.7 Å². The molecule has 0 radical (unpaired) electrons. The Balaban J connectivity index is 2.05. The zero-order valence-corrected chi connectivity index (χ0v) is 11.2. The monoisotopic (exact) mass is 276 g/mol. The molecule has 6 heteroatoms. The van der Waals surface area contributed by atoms with Crippen LogP contribution in [-0.4, -0.2) is 14.5 Å². The number of thiazole rings is 1. The standard InChI is InChI=1S/C13H13FN4S/c1-2-8-6-16-11(19-8)7-18-10-5-3-4-9(14)12(10)17-13(18)15/h3-6H,2,7H2,1H3,(H2,15,17). The third kappa shape index (κ3) is 2.08. The third-order valence-corrected chi connectivity index (χ3v) is 4.13. The summed E-state index contributed by atoms with van der Waals surface area (Å²) in [4.78, 5) is 9.66. The van der Waals surface area contributed by atoms with Crippen molar-refractivity contribution < 1.29 is 4.39 Å². The number of nitrogens with zero attached hydrogens (tertiary/aromatic N) is 3. The van der Waals surface area contributed by atoms with Crippen LogP contribution in [0, 0.1) is 5.82 Å². The van der Waals surface area contributed by atoms with Gasteiger partial charge in [-0.25, -0.2) is 14.4 Å². The van der Waals surface area contributed by atoms with Gasteiger partial charge in [0.2, 0.25) is 5.95 Å². The highest BCUT2D eigenvalue weighted by Crippen LogP contribution is 2.23. The average Bonchev–Trinajstić information content (AvgIpc) is 2.97. The summed E-state index contributed by atoms with van der Waals surface area (Å²) in [6.07, 6.45) is 2.84. The van der Waals surface area contributed by atoms with E-state index in [1.165, 1.54) is 10.9 Å². The fourth-order valence-corrected chi connectivity index (χ4v) is 2.87. The van der Waals surface area contributed by atoms with Crippen LogP contribution < -0.4 is 5.73 Å². The minimum Gasteiger partial charge on any atom is -0.369 e. The summed E-state index contributed by atoms with van der Waals surface area (Å²) >= 11 is 1.64. The summed E-state index contributed by atoms with van der Waals surface area (Å²) in [6.45, 7) is 2.62. The van der Waals surface area contributed by atoms with Crippen molar-refractivity contribution in [3.63, 3.8) is 0 Å². The zero-order valence-electron chi connectivity index (χ0n) is 10.4. The van der Waals surface area contributed by atoms with Crippen LogP contribution in [0.25, 0.3) is 11.0 Å². The molecule has 2 heterocycles.